The molecule has 8 nitrogen and oxygen atoms in total. The molecular formula is C15H16ClN3O5S. The first-order valence-electron chi connectivity index (χ1n) is 7.28. The lowest BCUT2D eigenvalue weighted by Crippen LogP contribution is -2.32. The number of hydrogen-bond acceptors (Lipinski definition) is 5. The Bertz CT molecular complexity index is 925. The quantitative estimate of drug-likeness (QED) is 0.740. The number of aliphatic carboxylic acids is 1. The second-order valence-electron chi connectivity index (χ2n) is 5.14. The van der Waals surface area contributed by atoms with Gasteiger partial charge in [0.15, 0.2) is 0 Å². The van der Waals surface area contributed by atoms with E-state index < -0.39 is 28.0 Å². The van der Waals surface area contributed by atoms with Gasteiger partial charge >= 0.3 is 5.97 Å². The number of nitrogens with one attached hydrogen (secondary N) is 1. The lowest BCUT2D eigenvalue weighted by Gasteiger charge is -2.20. The normalized spacial score (nSPS) is 11.6. The minimum Gasteiger partial charge on any atom is -0.481 e. The largest absolute Gasteiger partial charge is 0.481 e. The number of carboxylic acids is 1. The van der Waals surface area contributed by atoms with Crippen LogP contribution in [0.5, 0.6) is 0 Å². The number of hydrogen-bond donors (Lipinski definition) is 2. The maximum atomic E-state index is 12.7. The van der Waals surface area contributed by atoms with Gasteiger partial charge in [-0.2, -0.15) is 4.31 Å². The smallest absolute Gasteiger partial charge is 0.308 e. The summed E-state index contributed by atoms with van der Waals surface area (Å²) in [5.41, 5.74) is -0.604. The lowest BCUT2D eigenvalue weighted by atomic mass is 10.2. The Morgan fingerprint density at radius 3 is 2.48 bits per heavy atom. The van der Waals surface area contributed by atoms with Crippen LogP contribution in [0, 0.1) is 0 Å². The minimum absolute atomic E-state index is 0.000133. The predicted octanol–water partition coefficient (Wildman–Crippen LogP) is 1.26. The highest BCUT2D eigenvalue weighted by Crippen LogP contribution is 2.19. The van der Waals surface area contributed by atoms with E-state index in [1.54, 1.807) is 6.92 Å². The van der Waals surface area contributed by atoms with Gasteiger partial charge in [0.25, 0.3) is 5.56 Å². The zero-order valence-electron chi connectivity index (χ0n) is 13.3. The standard InChI is InChI=1S/C15H16ClN3O5S/c1-2-19(25(23,24)12-5-3-11(16)4-6-12)9-13-17-8-10(7-14(20)21)15(22)18-13/h3-6,8H,2,7,9H2,1H3,(H,20,21)(H,17,18,22). The topological polar surface area (TPSA) is 120 Å². The van der Waals surface area contributed by atoms with Gasteiger partial charge < -0.3 is 10.1 Å². The Labute approximate surface area is 149 Å². The van der Waals surface area contributed by atoms with Gasteiger partial charge in [-0.3, -0.25) is 9.59 Å². The van der Waals surface area contributed by atoms with Gasteiger partial charge in [-0.25, -0.2) is 13.4 Å². The molecule has 1 heterocycles. The molecule has 0 spiro atoms. The van der Waals surface area contributed by atoms with Crippen molar-refractivity contribution in [1.82, 2.24) is 14.3 Å². The van der Waals surface area contributed by atoms with E-state index in [9.17, 15) is 18.0 Å². The molecule has 0 bridgehead atoms. The van der Waals surface area contributed by atoms with Crippen LogP contribution in [-0.4, -0.2) is 40.3 Å². The van der Waals surface area contributed by atoms with Crippen molar-refractivity contribution in [3.63, 3.8) is 0 Å². The van der Waals surface area contributed by atoms with Gasteiger partial charge in [0.1, 0.15) is 5.82 Å². The van der Waals surface area contributed by atoms with Crippen LogP contribution in [0.1, 0.15) is 18.3 Å². The van der Waals surface area contributed by atoms with E-state index in [0.717, 1.165) is 10.5 Å². The summed E-state index contributed by atoms with van der Waals surface area (Å²) >= 11 is 5.77. The van der Waals surface area contributed by atoms with Crippen molar-refractivity contribution >= 4 is 27.6 Å². The second kappa shape index (κ2) is 7.77. The number of aromatic nitrogens is 2. The van der Waals surface area contributed by atoms with Gasteiger partial charge in [0.2, 0.25) is 10.0 Å². The molecule has 10 heteroatoms. The zero-order chi connectivity index (χ0) is 18.6. The maximum absolute atomic E-state index is 12.7. The minimum atomic E-state index is -3.79. The van der Waals surface area contributed by atoms with Gasteiger partial charge in [-0.1, -0.05) is 18.5 Å². The van der Waals surface area contributed by atoms with E-state index in [4.69, 9.17) is 16.7 Å². The molecule has 0 aliphatic rings. The number of aromatic amines is 1. The summed E-state index contributed by atoms with van der Waals surface area (Å²) in [6, 6.07) is 5.74. The summed E-state index contributed by atoms with van der Waals surface area (Å²) in [7, 11) is -3.79. The molecule has 1 aromatic carbocycles. The number of carboxylic acid groups (broad SMARTS) is 1. The van der Waals surface area contributed by atoms with E-state index in [1.807, 2.05) is 0 Å². The van der Waals surface area contributed by atoms with Gasteiger partial charge in [-0.15, -0.1) is 0 Å². The third-order valence-electron chi connectivity index (χ3n) is 3.40. The molecule has 2 rings (SSSR count). The second-order valence-corrected chi connectivity index (χ2v) is 7.51. The van der Waals surface area contributed by atoms with Crippen molar-refractivity contribution < 1.29 is 18.3 Å². The number of H-pyrrole nitrogens is 1. The van der Waals surface area contributed by atoms with Crippen LogP contribution in [0.2, 0.25) is 5.02 Å². The van der Waals surface area contributed by atoms with E-state index in [-0.39, 0.29) is 29.4 Å². The summed E-state index contributed by atoms with van der Waals surface area (Å²) < 4.78 is 26.5. The molecule has 25 heavy (non-hydrogen) atoms. The van der Waals surface area contributed by atoms with E-state index in [0.29, 0.717) is 5.02 Å². The van der Waals surface area contributed by atoms with Gasteiger partial charge in [0, 0.05) is 23.3 Å². The summed E-state index contributed by atoms with van der Waals surface area (Å²) in [6.07, 6.45) is 0.689. The van der Waals surface area contributed by atoms with Crippen molar-refractivity contribution in [2.24, 2.45) is 0 Å². The third kappa shape index (κ3) is 4.65. The monoisotopic (exact) mass is 385 g/mol. The molecule has 0 aliphatic carbocycles. The Morgan fingerprint density at radius 1 is 1.32 bits per heavy atom. The number of halogens is 1. The molecule has 0 fully saturated rings. The zero-order valence-corrected chi connectivity index (χ0v) is 14.8. The molecular weight excluding hydrogens is 370 g/mol. The summed E-state index contributed by atoms with van der Waals surface area (Å²) in [5, 5.41) is 9.14. The summed E-state index contributed by atoms with van der Waals surface area (Å²) in [6.45, 7) is 1.67. The van der Waals surface area contributed by atoms with Crippen LogP contribution < -0.4 is 5.56 Å². The van der Waals surface area contributed by atoms with Crippen LogP contribution >= 0.6 is 11.6 Å². The number of sulfonamides is 1. The summed E-state index contributed by atoms with van der Waals surface area (Å²) in [4.78, 5) is 29.0. The fraction of sp³-hybridized carbons (Fsp3) is 0.267. The molecule has 134 valence electrons. The van der Waals surface area contributed by atoms with Crippen molar-refractivity contribution in [2.45, 2.75) is 24.8 Å². The van der Waals surface area contributed by atoms with Gasteiger partial charge in [0.05, 0.1) is 17.9 Å². The number of rotatable bonds is 7. The first-order chi connectivity index (χ1) is 11.7. The number of carbonyl (C=O) groups is 1. The molecule has 0 aliphatic heterocycles. The Balaban J connectivity index is 2.27. The average Bonchev–Trinajstić information content (AvgIpc) is 2.55. The highest BCUT2D eigenvalue weighted by atomic mass is 35.5. The van der Waals surface area contributed by atoms with Crippen molar-refractivity contribution in [3.8, 4) is 0 Å². The van der Waals surface area contributed by atoms with Crippen molar-refractivity contribution in [3.05, 3.63) is 57.2 Å². The van der Waals surface area contributed by atoms with Crippen molar-refractivity contribution in [2.75, 3.05) is 6.54 Å². The Morgan fingerprint density at radius 2 is 1.96 bits per heavy atom. The number of benzene rings is 1. The fourth-order valence-electron chi connectivity index (χ4n) is 2.12. The third-order valence-corrected chi connectivity index (χ3v) is 5.58. The van der Waals surface area contributed by atoms with Gasteiger partial charge in [-0.05, 0) is 24.3 Å². The molecule has 1 aromatic heterocycles. The Kier molecular flexibility index (Phi) is 5.93. The average molecular weight is 386 g/mol. The molecule has 0 atom stereocenters. The van der Waals surface area contributed by atoms with Crippen molar-refractivity contribution in [1.29, 1.82) is 0 Å². The molecule has 0 amide bonds. The molecule has 0 saturated carbocycles. The molecule has 0 radical (unpaired) electrons. The van der Waals surface area contributed by atoms with E-state index in [1.165, 1.54) is 24.3 Å². The first kappa shape index (κ1) is 19.1. The van der Waals surface area contributed by atoms with Crippen LogP contribution in [0.4, 0.5) is 0 Å². The molecule has 2 aromatic rings. The van der Waals surface area contributed by atoms with Crippen LogP contribution in [0.25, 0.3) is 0 Å². The SMILES string of the molecule is CCN(Cc1ncc(CC(=O)O)c(=O)[nH]1)S(=O)(=O)c1ccc(Cl)cc1. The number of nitrogens with zero attached hydrogens (tertiary/aromatic N) is 2. The lowest BCUT2D eigenvalue weighted by molar-refractivity contribution is -0.136. The highest BCUT2D eigenvalue weighted by molar-refractivity contribution is 7.89. The molecule has 2 N–H and O–H groups in total. The maximum Gasteiger partial charge on any atom is 0.308 e. The van der Waals surface area contributed by atoms with Crippen LogP contribution in [0.3, 0.4) is 0 Å². The highest BCUT2D eigenvalue weighted by Gasteiger charge is 2.24. The first-order valence-corrected chi connectivity index (χ1v) is 9.10. The van der Waals surface area contributed by atoms with Crippen LogP contribution in [-0.2, 0) is 27.8 Å². The van der Waals surface area contributed by atoms with E-state index in [2.05, 4.69) is 9.97 Å². The summed E-state index contributed by atoms with van der Waals surface area (Å²) in [5.74, 6) is -1.03. The molecule has 0 saturated heterocycles. The van der Waals surface area contributed by atoms with E-state index >= 15 is 0 Å². The Hall–Kier alpha value is -2.23. The fourth-order valence-corrected chi connectivity index (χ4v) is 3.65. The molecule has 0 unspecified atom stereocenters. The predicted molar refractivity (Wildman–Crippen MR) is 90.9 cm³/mol. The van der Waals surface area contributed by atoms with Crippen LogP contribution in [0.15, 0.2) is 40.2 Å².